The standard InChI is InChI=1S/C16H14ClFN2O/c17-13-6-5-12(18)8-14(13)20-16(21)15-7-10-3-1-2-4-11(10)9-19-15/h1-6,8,15,19H,7,9H2,(H,20,21)/t15-/m0/s1. The number of carbonyl (C=O) groups is 1. The molecule has 1 aliphatic rings. The Labute approximate surface area is 127 Å². The molecule has 0 spiro atoms. The van der Waals surface area contributed by atoms with Crippen molar-refractivity contribution in [3.63, 3.8) is 0 Å². The summed E-state index contributed by atoms with van der Waals surface area (Å²) in [6, 6.07) is 11.6. The lowest BCUT2D eigenvalue weighted by Gasteiger charge is -2.25. The van der Waals surface area contributed by atoms with Crippen molar-refractivity contribution in [3.8, 4) is 0 Å². The smallest absolute Gasteiger partial charge is 0.241 e. The van der Waals surface area contributed by atoms with E-state index in [1.54, 1.807) is 0 Å². The summed E-state index contributed by atoms with van der Waals surface area (Å²) in [6.45, 7) is 0.644. The van der Waals surface area contributed by atoms with Crippen molar-refractivity contribution >= 4 is 23.2 Å². The number of nitrogens with one attached hydrogen (secondary N) is 2. The van der Waals surface area contributed by atoms with Crippen molar-refractivity contribution in [2.75, 3.05) is 5.32 Å². The fourth-order valence-electron chi connectivity index (χ4n) is 2.45. The van der Waals surface area contributed by atoms with Crippen LogP contribution in [-0.2, 0) is 17.8 Å². The molecule has 1 amide bonds. The molecule has 0 saturated heterocycles. The second-order valence-electron chi connectivity index (χ2n) is 5.02. The van der Waals surface area contributed by atoms with E-state index < -0.39 is 5.82 Å². The summed E-state index contributed by atoms with van der Waals surface area (Å²) < 4.78 is 13.2. The maximum Gasteiger partial charge on any atom is 0.241 e. The van der Waals surface area contributed by atoms with Gasteiger partial charge in [0.15, 0.2) is 0 Å². The van der Waals surface area contributed by atoms with Crippen LogP contribution >= 0.6 is 11.6 Å². The van der Waals surface area contributed by atoms with Gasteiger partial charge < -0.3 is 10.6 Å². The van der Waals surface area contributed by atoms with Crippen LogP contribution in [0.2, 0.25) is 5.02 Å². The molecule has 0 fully saturated rings. The van der Waals surface area contributed by atoms with Crippen molar-refractivity contribution in [2.45, 2.75) is 19.0 Å². The van der Waals surface area contributed by atoms with Crippen LogP contribution in [0.4, 0.5) is 10.1 Å². The number of halogens is 2. The lowest BCUT2D eigenvalue weighted by Crippen LogP contribution is -2.44. The minimum Gasteiger partial charge on any atom is -0.323 e. The predicted octanol–water partition coefficient (Wildman–Crippen LogP) is 3.13. The Hall–Kier alpha value is -1.91. The van der Waals surface area contributed by atoms with Crippen molar-refractivity contribution in [2.24, 2.45) is 0 Å². The third kappa shape index (κ3) is 3.06. The van der Waals surface area contributed by atoms with Crippen LogP contribution in [0.1, 0.15) is 11.1 Å². The minimum absolute atomic E-state index is 0.211. The van der Waals surface area contributed by atoms with Gasteiger partial charge in [-0.05, 0) is 35.7 Å². The largest absolute Gasteiger partial charge is 0.323 e. The summed E-state index contributed by atoms with van der Waals surface area (Å²) >= 11 is 5.96. The van der Waals surface area contributed by atoms with E-state index in [0.29, 0.717) is 23.7 Å². The third-order valence-electron chi connectivity index (χ3n) is 3.58. The van der Waals surface area contributed by atoms with Gasteiger partial charge in [-0.1, -0.05) is 35.9 Å². The van der Waals surface area contributed by atoms with Crippen LogP contribution in [0, 0.1) is 5.82 Å². The van der Waals surface area contributed by atoms with Gasteiger partial charge in [0.05, 0.1) is 16.8 Å². The Morgan fingerprint density at radius 1 is 1.24 bits per heavy atom. The van der Waals surface area contributed by atoms with E-state index in [4.69, 9.17) is 11.6 Å². The molecule has 0 aliphatic carbocycles. The second kappa shape index (κ2) is 5.84. The summed E-state index contributed by atoms with van der Waals surface area (Å²) in [5.41, 5.74) is 2.65. The van der Waals surface area contributed by atoms with E-state index in [1.807, 2.05) is 24.3 Å². The summed E-state index contributed by atoms with van der Waals surface area (Å²) in [5.74, 6) is -0.645. The van der Waals surface area contributed by atoms with E-state index in [9.17, 15) is 9.18 Å². The molecule has 1 heterocycles. The highest BCUT2D eigenvalue weighted by Gasteiger charge is 2.24. The highest BCUT2D eigenvalue weighted by molar-refractivity contribution is 6.33. The molecule has 0 saturated carbocycles. The van der Waals surface area contributed by atoms with Crippen LogP contribution in [0.3, 0.4) is 0 Å². The van der Waals surface area contributed by atoms with E-state index in [-0.39, 0.29) is 11.9 Å². The van der Waals surface area contributed by atoms with Crippen molar-refractivity contribution in [1.82, 2.24) is 5.32 Å². The van der Waals surface area contributed by atoms with Crippen molar-refractivity contribution in [3.05, 3.63) is 64.4 Å². The molecule has 2 aromatic rings. The monoisotopic (exact) mass is 304 g/mol. The molecule has 0 aromatic heterocycles. The molecule has 2 N–H and O–H groups in total. The predicted molar refractivity (Wildman–Crippen MR) is 80.8 cm³/mol. The van der Waals surface area contributed by atoms with Crippen LogP contribution in [0.5, 0.6) is 0 Å². The van der Waals surface area contributed by atoms with Crippen molar-refractivity contribution in [1.29, 1.82) is 0 Å². The molecule has 0 radical (unpaired) electrons. The molecule has 0 bridgehead atoms. The number of amides is 1. The molecular weight excluding hydrogens is 291 g/mol. The topological polar surface area (TPSA) is 41.1 Å². The molecule has 1 atom stereocenters. The van der Waals surface area contributed by atoms with Gasteiger partial charge in [0, 0.05) is 6.54 Å². The molecule has 108 valence electrons. The molecule has 0 unspecified atom stereocenters. The van der Waals surface area contributed by atoms with Gasteiger partial charge in [-0.25, -0.2) is 4.39 Å². The number of hydrogen-bond acceptors (Lipinski definition) is 2. The first kappa shape index (κ1) is 14.0. The Balaban J connectivity index is 1.74. The van der Waals surface area contributed by atoms with Crippen LogP contribution in [0.15, 0.2) is 42.5 Å². The third-order valence-corrected chi connectivity index (χ3v) is 3.91. The zero-order chi connectivity index (χ0) is 14.8. The summed E-state index contributed by atoms with van der Waals surface area (Å²) in [5, 5.41) is 6.18. The minimum atomic E-state index is -0.434. The Morgan fingerprint density at radius 2 is 2.00 bits per heavy atom. The summed E-state index contributed by atoms with van der Waals surface area (Å²) in [7, 11) is 0. The number of anilines is 1. The molecule has 2 aromatic carbocycles. The highest BCUT2D eigenvalue weighted by atomic mass is 35.5. The quantitative estimate of drug-likeness (QED) is 0.895. The average Bonchev–Trinajstić information content (AvgIpc) is 2.50. The molecule has 3 nitrogen and oxygen atoms in total. The zero-order valence-electron chi connectivity index (χ0n) is 11.2. The summed E-state index contributed by atoms with van der Waals surface area (Å²) in [6.07, 6.45) is 0.606. The lowest BCUT2D eigenvalue weighted by atomic mass is 9.95. The van der Waals surface area contributed by atoms with Crippen LogP contribution in [0.25, 0.3) is 0 Å². The Morgan fingerprint density at radius 3 is 2.81 bits per heavy atom. The maximum absolute atomic E-state index is 13.2. The van der Waals surface area contributed by atoms with Gasteiger partial charge in [-0.2, -0.15) is 0 Å². The van der Waals surface area contributed by atoms with E-state index in [1.165, 1.54) is 23.8 Å². The second-order valence-corrected chi connectivity index (χ2v) is 5.43. The van der Waals surface area contributed by atoms with Crippen LogP contribution in [-0.4, -0.2) is 11.9 Å². The molecule has 5 heteroatoms. The lowest BCUT2D eigenvalue weighted by molar-refractivity contribution is -0.118. The summed E-state index contributed by atoms with van der Waals surface area (Å²) in [4.78, 5) is 12.3. The Kier molecular flexibility index (Phi) is 3.90. The van der Waals surface area contributed by atoms with Gasteiger partial charge in [-0.3, -0.25) is 4.79 Å². The number of rotatable bonds is 2. The zero-order valence-corrected chi connectivity index (χ0v) is 12.0. The van der Waals surface area contributed by atoms with E-state index >= 15 is 0 Å². The van der Waals surface area contributed by atoms with Gasteiger partial charge >= 0.3 is 0 Å². The van der Waals surface area contributed by atoms with Crippen molar-refractivity contribution < 1.29 is 9.18 Å². The molecule has 1 aliphatic heterocycles. The van der Waals surface area contributed by atoms with Gasteiger partial charge in [0.25, 0.3) is 0 Å². The number of fused-ring (bicyclic) bond motifs is 1. The van der Waals surface area contributed by atoms with Gasteiger partial charge in [0.1, 0.15) is 5.82 Å². The van der Waals surface area contributed by atoms with Gasteiger partial charge in [-0.15, -0.1) is 0 Å². The first-order valence-electron chi connectivity index (χ1n) is 6.69. The van der Waals surface area contributed by atoms with Gasteiger partial charge in [0.2, 0.25) is 5.91 Å². The fraction of sp³-hybridized carbons (Fsp3) is 0.188. The molecule has 21 heavy (non-hydrogen) atoms. The fourth-order valence-corrected chi connectivity index (χ4v) is 2.62. The maximum atomic E-state index is 13.2. The first-order valence-corrected chi connectivity index (χ1v) is 7.07. The molecular formula is C16H14ClFN2O. The number of benzene rings is 2. The number of carbonyl (C=O) groups excluding carboxylic acids is 1. The van der Waals surface area contributed by atoms with E-state index in [2.05, 4.69) is 10.6 Å². The normalized spacial score (nSPS) is 17.1. The average molecular weight is 305 g/mol. The SMILES string of the molecule is O=C(Nc1cc(F)ccc1Cl)[C@@H]1Cc2ccccc2CN1. The van der Waals surface area contributed by atoms with E-state index in [0.717, 1.165) is 5.56 Å². The highest BCUT2D eigenvalue weighted by Crippen LogP contribution is 2.23. The molecule has 3 rings (SSSR count). The first-order chi connectivity index (χ1) is 10.1. The Bertz CT molecular complexity index is 690. The number of hydrogen-bond donors (Lipinski definition) is 2. The van der Waals surface area contributed by atoms with Crippen LogP contribution < -0.4 is 10.6 Å².